The number of benzene rings is 2. The van der Waals surface area contributed by atoms with Crippen LogP contribution in [0.5, 0.6) is 0 Å². The third-order valence-corrected chi connectivity index (χ3v) is 3.45. The second-order valence-electron chi connectivity index (χ2n) is 4.97. The molecule has 0 saturated carbocycles. The molecule has 2 aromatic rings. The van der Waals surface area contributed by atoms with E-state index in [4.69, 9.17) is 15.8 Å². The quantitative estimate of drug-likeness (QED) is 0.670. The molecular weight excluding hydrogens is 335 g/mol. The summed E-state index contributed by atoms with van der Waals surface area (Å²) in [6, 6.07) is 15.8. The normalized spacial score (nSPS) is 9.19. The van der Waals surface area contributed by atoms with Crippen LogP contribution in [0.25, 0.3) is 11.1 Å². The van der Waals surface area contributed by atoms with Gasteiger partial charge in [-0.25, -0.2) is 9.18 Å². The second kappa shape index (κ2) is 8.10. The van der Waals surface area contributed by atoms with Crippen molar-refractivity contribution in [2.45, 2.75) is 0 Å². The van der Waals surface area contributed by atoms with Gasteiger partial charge in [0.25, 0.3) is 0 Å². The Hall–Kier alpha value is -4.15. The number of nitriles is 3. The minimum absolute atomic E-state index is 0.154. The molecular formula is C19H11FN4O2. The summed E-state index contributed by atoms with van der Waals surface area (Å²) in [5, 5.41) is 29.3. The van der Waals surface area contributed by atoms with E-state index in [1.807, 2.05) is 0 Å². The Morgan fingerprint density at radius 3 is 2.12 bits per heavy atom. The van der Waals surface area contributed by atoms with E-state index in [0.29, 0.717) is 16.8 Å². The van der Waals surface area contributed by atoms with E-state index < -0.39 is 11.8 Å². The van der Waals surface area contributed by atoms with E-state index in [-0.39, 0.29) is 16.8 Å². The number of methoxy groups -OCH3 is 1. The Morgan fingerprint density at radius 1 is 1.00 bits per heavy atom. The monoisotopic (exact) mass is 346 g/mol. The van der Waals surface area contributed by atoms with Gasteiger partial charge in [-0.1, -0.05) is 18.2 Å². The van der Waals surface area contributed by atoms with Gasteiger partial charge in [0.2, 0.25) is 0 Å². The maximum atomic E-state index is 14.0. The third-order valence-electron chi connectivity index (χ3n) is 3.45. The second-order valence-corrected chi connectivity index (χ2v) is 4.97. The van der Waals surface area contributed by atoms with Crippen LogP contribution in [0.15, 0.2) is 53.7 Å². The average molecular weight is 346 g/mol. The third kappa shape index (κ3) is 3.84. The first kappa shape index (κ1) is 18.2. The lowest BCUT2D eigenvalue weighted by Crippen LogP contribution is -2.04. The van der Waals surface area contributed by atoms with Gasteiger partial charge in [-0.3, -0.25) is 0 Å². The number of allylic oxidation sites excluding steroid dienone is 2. The van der Waals surface area contributed by atoms with E-state index in [2.05, 4.69) is 10.1 Å². The van der Waals surface area contributed by atoms with Crippen molar-refractivity contribution in [3.8, 4) is 29.3 Å². The first-order chi connectivity index (χ1) is 12.5. The van der Waals surface area contributed by atoms with Crippen LogP contribution in [-0.4, -0.2) is 13.1 Å². The fraction of sp³-hybridized carbons (Fsp3) is 0.0526. The fourth-order valence-corrected chi connectivity index (χ4v) is 2.14. The lowest BCUT2D eigenvalue weighted by atomic mass is 10.0. The summed E-state index contributed by atoms with van der Waals surface area (Å²) in [6.45, 7) is 0. The van der Waals surface area contributed by atoms with E-state index in [1.54, 1.807) is 48.5 Å². The van der Waals surface area contributed by atoms with Crippen LogP contribution in [0.2, 0.25) is 0 Å². The molecule has 6 nitrogen and oxygen atoms in total. The molecule has 0 aliphatic carbocycles. The lowest BCUT2D eigenvalue weighted by molar-refractivity contribution is 0.0595. The van der Waals surface area contributed by atoms with Crippen LogP contribution in [0.4, 0.5) is 10.1 Å². The summed E-state index contributed by atoms with van der Waals surface area (Å²) >= 11 is 0. The summed E-state index contributed by atoms with van der Waals surface area (Å²) in [6.07, 6.45) is 0. The molecule has 0 amide bonds. The molecule has 2 aromatic carbocycles. The maximum absolute atomic E-state index is 14.0. The van der Waals surface area contributed by atoms with E-state index in [9.17, 15) is 9.18 Å². The Morgan fingerprint density at radius 2 is 1.62 bits per heavy atom. The lowest BCUT2D eigenvalue weighted by Gasteiger charge is -2.08. The van der Waals surface area contributed by atoms with E-state index >= 15 is 0 Å². The molecule has 0 saturated heterocycles. The molecule has 0 unspecified atom stereocenters. The Balaban J connectivity index is 2.28. The summed E-state index contributed by atoms with van der Waals surface area (Å²) in [5.74, 6) is -1.45. The number of hydrogen-bond donors (Lipinski definition) is 1. The molecule has 0 heterocycles. The molecule has 0 aliphatic heterocycles. The van der Waals surface area contributed by atoms with Gasteiger partial charge < -0.3 is 10.1 Å². The SMILES string of the molecule is COC(=O)c1ccc(-c2ccc(NC(C#N)=C(C#N)C#N)cc2)cc1F. The molecule has 26 heavy (non-hydrogen) atoms. The van der Waals surface area contributed by atoms with Gasteiger partial charge in [0.1, 0.15) is 29.7 Å². The molecule has 0 bridgehead atoms. The molecule has 0 atom stereocenters. The number of carbonyl (C=O) groups is 1. The van der Waals surface area contributed by atoms with Gasteiger partial charge in [-0.05, 0) is 35.4 Å². The first-order valence-corrected chi connectivity index (χ1v) is 7.24. The minimum atomic E-state index is -0.754. The van der Waals surface area contributed by atoms with Crippen molar-refractivity contribution in [3.63, 3.8) is 0 Å². The predicted molar refractivity (Wildman–Crippen MR) is 90.7 cm³/mol. The van der Waals surface area contributed by atoms with Crippen molar-refractivity contribution in [2.75, 3.05) is 12.4 Å². The highest BCUT2D eigenvalue weighted by Crippen LogP contribution is 2.24. The minimum Gasteiger partial charge on any atom is -0.465 e. The smallest absolute Gasteiger partial charge is 0.340 e. The molecule has 7 heteroatoms. The number of hydrogen-bond acceptors (Lipinski definition) is 6. The molecule has 0 fully saturated rings. The van der Waals surface area contributed by atoms with Crippen LogP contribution >= 0.6 is 0 Å². The predicted octanol–water partition coefficient (Wildman–Crippen LogP) is 3.52. The highest BCUT2D eigenvalue weighted by Gasteiger charge is 2.13. The van der Waals surface area contributed by atoms with Crippen LogP contribution in [0.3, 0.4) is 0 Å². The van der Waals surface area contributed by atoms with Gasteiger partial charge in [-0.15, -0.1) is 0 Å². The molecule has 0 aromatic heterocycles. The molecule has 1 N–H and O–H groups in total. The largest absolute Gasteiger partial charge is 0.465 e. The van der Waals surface area contributed by atoms with Gasteiger partial charge in [-0.2, -0.15) is 15.8 Å². The number of ether oxygens (including phenoxy) is 1. The van der Waals surface area contributed by atoms with Crippen LogP contribution < -0.4 is 5.32 Å². The highest BCUT2D eigenvalue weighted by atomic mass is 19.1. The zero-order valence-corrected chi connectivity index (χ0v) is 13.6. The average Bonchev–Trinajstić information content (AvgIpc) is 2.67. The topological polar surface area (TPSA) is 110 Å². The molecule has 2 rings (SSSR count). The summed E-state index contributed by atoms with van der Waals surface area (Å²) in [4.78, 5) is 11.4. The van der Waals surface area contributed by atoms with Crippen molar-refractivity contribution < 1.29 is 13.9 Å². The van der Waals surface area contributed by atoms with Crippen molar-refractivity contribution in [2.24, 2.45) is 0 Å². The van der Waals surface area contributed by atoms with E-state index in [0.717, 1.165) is 0 Å². The maximum Gasteiger partial charge on any atom is 0.340 e. The number of nitrogens with zero attached hydrogens (tertiary/aromatic N) is 3. The van der Waals surface area contributed by atoms with Crippen molar-refractivity contribution in [1.82, 2.24) is 0 Å². The van der Waals surface area contributed by atoms with Gasteiger partial charge in [0.15, 0.2) is 5.57 Å². The van der Waals surface area contributed by atoms with Gasteiger partial charge in [0.05, 0.1) is 12.7 Å². The Kier molecular flexibility index (Phi) is 5.67. The number of anilines is 1. The van der Waals surface area contributed by atoms with Crippen molar-refractivity contribution in [1.29, 1.82) is 15.8 Å². The van der Waals surface area contributed by atoms with E-state index in [1.165, 1.54) is 19.2 Å². The number of esters is 1. The standard InChI is InChI=1S/C19H11FN4O2/c1-26-19(25)16-7-4-13(8-17(16)20)12-2-5-15(6-3-12)24-18(11-23)14(9-21)10-22/h2-8,24H,1H3. The number of halogens is 1. The van der Waals surface area contributed by atoms with Crippen LogP contribution in [-0.2, 0) is 4.74 Å². The zero-order chi connectivity index (χ0) is 19.1. The van der Waals surface area contributed by atoms with Crippen LogP contribution in [0.1, 0.15) is 10.4 Å². The molecule has 0 radical (unpaired) electrons. The van der Waals surface area contributed by atoms with Crippen molar-refractivity contribution >= 4 is 11.7 Å². The number of carbonyl (C=O) groups excluding carboxylic acids is 1. The summed E-state index contributed by atoms with van der Waals surface area (Å²) in [5.41, 5.74) is 1.08. The van der Waals surface area contributed by atoms with Crippen molar-refractivity contribution in [3.05, 3.63) is 65.1 Å². The molecule has 126 valence electrons. The first-order valence-electron chi connectivity index (χ1n) is 7.24. The fourth-order valence-electron chi connectivity index (χ4n) is 2.14. The van der Waals surface area contributed by atoms with Gasteiger partial charge in [0, 0.05) is 5.69 Å². The highest BCUT2D eigenvalue weighted by molar-refractivity contribution is 5.90. The molecule has 0 aliphatic rings. The van der Waals surface area contributed by atoms with Crippen LogP contribution in [0, 0.1) is 39.8 Å². The number of nitrogens with one attached hydrogen (secondary N) is 1. The summed E-state index contributed by atoms with van der Waals surface area (Å²) < 4.78 is 18.5. The molecule has 0 spiro atoms. The Bertz CT molecular complexity index is 990. The zero-order valence-electron chi connectivity index (χ0n) is 13.6. The Labute approximate surface area is 149 Å². The summed E-state index contributed by atoms with van der Waals surface area (Å²) in [7, 11) is 1.18. The van der Waals surface area contributed by atoms with Gasteiger partial charge >= 0.3 is 5.97 Å². The number of rotatable bonds is 4.